The summed E-state index contributed by atoms with van der Waals surface area (Å²) in [5, 5.41) is 0. The number of likely N-dealkylation sites (tertiary alicyclic amines) is 1. The van der Waals surface area contributed by atoms with Gasteiger partial charge >= 0.3 is 0 Å². The van der Waals surface area contributed by atoms with Gasteiger partial charge in [-0.25, -0.2) is 9.97 Å². The van der Waals surface area contributed by atoms with Gasteiger partial charge in [0.15, 0.2) is 5.65 Å². The van der Waals surface area contributed by atoms with Gasteiger partial charge in [-0.2, -0.15) is 0 Å². The van der Waals surface area contributed by atoms with Crippen molar-refractivity contribution in [3.05, 3.63) is 24.2 Å². The second kappa shape index (κ2) is 4.93. The molecule has 2 aromatic heterocycles. The lowest BCUT2D eigenvalue weighted by Crippen LogP contribution is -2.39. The maximum absolute atomic E-state index is 4.83. The Kier molecular flexibility index (Phi) is 3.27. The number of hydrogen-bond donors (Lipinski definition) is 0. The zero-order chi connectivity index (χ0) is 13.4. The summed E-state index contributed by atoms with van der Waals surface area (Å²) in [5.74, 6) is 1.17. The molecular formula is C15H22N4. The van der Waals surface area contributed by atoms with E-state index in [1.165, 1.54) is 31.6 Å². The van der Waals surface area contributed by atoms with Crippen LogP contribution < -0.4 is 0 Å². The Bertz CT molecular complexity index is 573. The van der Waals surface area contributed by atoms with Gasteiger partial charge in [-0.15, -0.1) is 0 Å². The van der Waals surface area contributed by atoms with E-state index in [-0.39, 0.29) is 0 Å². The van der Waals surface area contributed by atoms with E-state index in [0.717, 1.165) is 11.2 Å². The van der Waals surface area contributed by atoms with Gasteiger partial charge in [0.1, 0.15) is 11.3 Å². The molecule has 0 spiro atoms. The second-order valence-electron chi connectivity index (χ2n) is 5.72. The second-order valence-corrected chi connectivity index (χ2v) is 5.72. The van der Waals surface area contributed by atoms with Crippen LogP contribution in [-0.2, 0) is 7.05 Å². The van der Waals surface area contributed by atoms with Crippen LogP contribution in [0.3, 0.4) is 0 Å². The Labute approximate surface area is 114 Å². The highest BCUT2D eigenvalue weighted by atomic mass is 15.2. The van der Waals surface area contributed by atoms with Gasteiger partial charge in [0.2, 0.25) is 0 Å². The predicted molar refractivity (Wildman–Crippen MR) is 76.9 cm³/mol. The average molecular weight is 258 g/mol. The Balaban J connectivity index is 2.04. The van der Waals surface area contributed by atoms with Crippen molar-refractivity contribution < 1.29 is 0 Å². The van der Waals surface area contributed by atoms with Crippen LogP contribution in [0.4, 0.5) is 0 Å². The Morgan fingerprint density at radius 1 is 1.32 bits per heavy atom. The molecule has 4 nitrogen and oxygen atoms in total. The number of fused-ring (bicyclic) bond motifs is 1. The number of hydrogen-bond acceptors (Lipinski definition) is 3. The van der Waals surface area contributed by atoms with E-state index >= 15 is 0 Å². The molecule has 4 heteroatoms. The lowest BCUT2D eigenvalue weighted by atomic mass is 10.00. The molecule has 0 N–H and O–H groups in total. The quantitative estimate of drug-likeness (QED) is 0.830. The molecule has 102 valence electrons. The van der Waals surface area contributed by atoms with Crippen LogP contribution in [0.15, 0.2) is 18.3 Å². The van der Waals surface area contributed by atoms with Gasteiger partial charge in [0, 0.05) is 19.3 Å². The summed E-state index contributed by atoms with van der Waals surface area (Å²) in [6.45, 7) is 5.73. The van der Waals surface area contributed by atoms with Crippen molar-refractivity contribution in [2.24, 2.45) is 7.05 Å². The van der Waals surface area contributed by atoms with Crippen LogP contribution in [0.5, 0.6) is 0 Å². The monoisotopic (exact) mass is 258 g/mol. The molecule has 0 aromatic carbocycles. The first-order chi connectivity index (χ1) is 9.18. The third-order valence-corrected chi connectivity index (χ3v) is 4.17. The fourth-order valence-corrected chi connectivity index (χ4v) is 3.19. The topological polar surface area (TPSA) is 34.0 Å². The minimum absolute atomic E-state index is 0.438. The van der Waals surface area contributed by atoms with Gasteiger partial charge in [-0.3, -0.25) is 4.90 Å². The molecular weight excluding hydrogens is 236 g/mol. The van der Waals surface area contributed by atoms with Crippen molar-refractivity contribution in [3.8, 4) is 0 Å². The summed E-state index contributed by atoms with van der Waals surface area (Å²) >= 11 is 0. The number of pyridine rings is 1. The lowest BCUT2D eigenvalue weighted by Gasteiger charge is -2.38. The van der Waals surface area contributed by atoms with E-state index in [0.29, 0.717) is 12.1 Å². The molecule has 2 aromatic rings. The molecule has 1 atom stereocenters. The molecule has 1 saturated heterocycles. The van der Waals surface area contributed by atoms with Gasteiger partial charge in [0.25, 0.3) is 0 Å². The molecule has 3 rings (SSSR count). The SMILES string of the molecule is CC(C)N1CCCCC1c1nc2cccnc2n1C. The Morgan fingerprint density at radius 2 is 2.16 bits per heavy atom. The molecule has 0 amide bonds. The highest BCUT2D eigenvalue weighted by molar-refractivity contribution is 5.71. The van der Waals surface area contributed by atoms with Crippen LogP contribution in [0, 0.1) is 0 Å². The third-order valence-electron chi connectivity index (χ3n) is 4.17. The van der Waals surface area contributed by atoms with Crippen LogP contribution >= 0.6 is 0 Å². The number of rotatable bonds is 2. The first-order valence-electron chi connectivity index (χ1n) is 7.21. The van der Waals surface area contributed by atoms with Crippen molar-refractivity contribution >= 4 is 11.2 Å². The molecule has 3 heterocycles. The van der Waals surface area contributed by atoms with Crippen LogP contribution in [0.1, 0.15) is 45.0 Å². The molecule has 19 heavy (non-hydrogen) atoms. The smallest absolute Gasteiger partial charge is 0.159 e. The van der Waals surface area contributed by atoms with Crippen molar-refractivity contribution in [3.63, 3.8) is 0 Å². The van der Waals surface area contributed by atoms with E-state index in [2.05, 4.69) is 35.3 Å². The van der Waals surface area contributed by atoms with E-state index in [4.69, 9.17) is 4.98 Å². The summed E-state index contributed by atoms with van der Waals surface area (Å²) in [6.07, 6.45) is 5.64. The van der Waals surface area contributed by atoms with Crippen LogP contribution in [0.2, 0.25) is 0 Å². The predicted octanol–water partition coefficient (Wildman–Crippen LogP) is 2.90. The minimum Gasteiger partial charge on any atom is -0.315 e. The zero-order valence-electron chi connectivity index (χ0n) is 12.0. The molecule has 1 aliphatic rings. The fraction of sp³-hybridized carbons (Fsp3) is 0.600. The van der Waals surface area contributed by atoms with Crippen molar-refractivity contribution in [1.82, 2.24) is 19.4 Å². The van der Waals surface area contributed by atoms with Crippen LogP contribution in [-0.4, -0.2) is 32.0 Å². The number of aryl methyl sites for hydroxylation is 1. The van der Waals surface area contributed by atoms with Crippen LogP contribution in [0.25, 0.3) is 11.2 Å². The molecule has 1 fully saturated rings. The largest absolute Gasteiger partial charge is 0.315 e. The number of piperidine rings is 1. The molecule has 0 saturated carbocycles. The number of nitrogens with zero attached hydrogens (tertiary/aromatic N) is 4. The fourth-order valence-electron chi connectivity index (χ4n) is 3.19. The summed E-state index contributed by atoms with van der Waals surface area (Å²) in [4.78, 5) is 11.8. The standard InChI is InChI=1S/C15H22N4/c1-11(2)19-10-5-4-8-13(19)15-17-12-7-6-9-16-14(12)18(15)3/h6-7,9,11,13H,4-5,8,10H2,1-3H3. The number of aromatic nitrogens is 3. The summed E-state index contributed by atoms with van der Waals surface area (Å²) < 4.78 is 2.17. The van der Waals surface area contributed by atoms with E-state index < -0.39 is 0 Å². The highest BCUT2D eigenvalue weighted by Crippen LogP contribution is 2.32. The molecule has 0 aliphatic carbocycles. The van der Waals surface area contributed by atoms with E-state index in [9.17, 15) is 0 Å². The third kappa shape index (κ3) is 2.14. The maximum Gasteiger partial charge on any atom is 0.159 e. The van der Waals surface area contributed by atoms with E-state index in [1.807, 2.05) is 18.3 Å². The molecule has 1 aliphatic heterocycles. The summed E-state index contributed by atoms with van der Waals surface area (Å²) in [5.41, 5.74) is 2.00. The van der Waals surface area contributed by atoms with Crippen molar-refractivity contribution in [2.75, 3.05) is 6.54 Å². The van der Waals surface area contributed by atoms with Gasteiger partial charge < -0.3 is 4.57 Å². The first-order valence-corrected chi connectivity index (χ1v) is 7.21. The highest BCUT2D eigenvalue weighted by Gasteiger charge is 2.29. The average Bonchev–Trinajstić information content (AvgIpc) is 2.76. The van der Waals surface area contributed by atoms with Crippen molar-refractivity contribution in [1.29, 1.82) is 0 Å². The van der Waals surface area contributed by atoms with E-state index in [1.54, 1.807) is 0 Å². The normalized spacial score (nSPS) is 21.4. The zero-order valence-corrected chi connectivity index (χ0v) is 12.0. The minimum atomic E-state index is 0.438. The Hall–Kier alpha value is -1.42. The molecule has 0 bridgehead atoms. The summed E-state index contributed by atoms with van der Waals surface area (Å²) in [7, 11) is 2.09. The summed E-state index contributed by atoms with van der Waals surface area (Å²) in [6, 6.07) is 5.01. The lowest BCUT2D eigenvalue weighted by molar-refractivity contribution is 0.104. The Morgan fingerprint density at radius 3 is 2.89 bits per heavy atom. The van der Waals surface area contributed by atoms with Gasteiger partial charge in [-0.1, -0.05) is 6.42 Å². The van der Waals surface area contributed by atoms with Gasteiger partial charge in [0.05, 0.1) is 6.04 Å². The molecule has 1 unspecified atom stereocenters. The molecule has 0 radical (unpaired) electrons. The number of imidazole rings is 1. The van der Waals surface area contributed by atoms with Gasteiger partial charge in [-0.05, 0) is 45.4 Å². The first kappa shape index (κ1) is 12.6. The van der Waals surface area contributed by atoms with Crippen molar-refractivity contribution in [2.45, 2.75) is 45.2 Å². The maximum atomic E-state index is 4.83.